The molecule has 0 bridgehead atoms. The van der Waals surface area contributed by atoms with Gasteiger partial charge in [-0.05, 0) is 29.2 Å². The van der Waals surface area contributed by atoms with E-state index in [1.807, 2.05) is 4.72 Å². The lowest BCUT2D eigenvalue weighted by atomic mass is 9.76. The number of pyridine rings is 1. The predicted molar refractivity (Wildman–Crippen MR) is 137 cm³/mol. The van der Waals surface area contributed by atoms with Gasteiger partial charge < -0.3 is 15.0 Å². The van der Waals surface area contributed by atoms with Gasteiger partial charge in [0.15, 0.2) is 5.82 Å². The number of aromatic amines is 1. The van der Waals surface area contributed by atoms with E-state index < -0.39 is 46.0 Å². The van der Waals surface area contributed by atoms with Gasteiger partial charge in [-0.15, -0.1) is 0 Å². The molecule has 0 aliphatic rings. The lowest BCUT2D eigenvalue weighted by Crippen LogP contribution is -2.33. The summed E-state index contributed by atoms with van der Waals surface area (Å²) < 4.78 is 57.6. The zero-order valence-corrected chi connectivity index (χ0v) is 20.9. The molecule has 0 radical (unpaired) electrons. The Hall–Kier alpha value is -3.98. The molecule has 4 rings (SSSR count). The third-order valence-electron chi connectivity index (χ3n) is 6.01. The zero-order chi connectivity index (χ0) is 27.8. The number of hydrogen-bond donors (Lipinski definition) is 4. The topological polar surface area (TPSA) is 153 Å². The number of benzene rings is 2. The van der Waals surface area contributed by atoms with E-state index in [0.29, 0.717) is 17.4 Å². The second-order valence-corrected chi connectivity index (χ2v) is 10.1. The maximum absolute atomic E-state index is 15.3. The highest BCUT2D eigenvalue weighted by molar-refractivity contribution is 7.90. The minimum Gasteiger partial charge on any atom is -0.423 e. The second-order valence-electron chi connectivity index (χ2n) is 8.29. The van der Waals surface area contributed by atoms with E-state index in [0.717, 1.165) is 16.4 Å². The molecule has 0 saturated carbocycles. The molecule has 4 N–H and O–H groups in total. The molecule has 0 amide bonds. The van der Waals surface area contributed by atoms with Crippen LogP contribution in [0, 0.1) is 11.6 Å². The largest absolute Gasteiger partial charge is 0.489 e. The molecule has 0 atom stereocenters. The van der Waals surface area contributed by atoms with Crippen LogP contribution in [-0.2, 0) is 10.2 Å². The Morgan fingerprint density at radius 3 is 2.58 bits per heavy atom. The number of aldehydes is 1. The minimum absolute atomic E-state index is 0.0416. The number of carbonyl (C=O) groups is 2. The van der Waals surface area contributed by atoms with Gasteiger partial charge in [-0.3, -0.25) is 14.3 Å². The molecule has 0 fully saturated rings. The Balaban J connectivity index is 1.79. The molecule has 196 valence electrons. The van der Waals surface area contributed by atoms with Crippen LogP contribution in [0.5, 0.6) is 0 Å². The summed E-state index contributed by atoms with van der Waals surface area (Å²) in [7, 11) is -4.79. The molecule has 2 aromatic carbocycles. The van der Waals surface area contributed by atoms with Gasteiger partial charge >= 0.3 is 17.3 Å². The van der Waals surface area contributed by atoms with E-state index in [1.54, 1.807) is 6.92 Å². The van der Waals surface area contributed by atoms with Crippen LogP contribution in [0.1, 0.15) is 33.2 Å². The smallest absolute Gasteiger partial charge is 0.423 e. The van der Waals surface area contributed by atoms with E-state index >= 15 is 4.39 Å². The lowest BCUT2D eigenvalue weighted by molar-refractivity contribution is 0.103. The molecule has 10 nitrogen and oxygen atoms in total. The minimum atomic E-state index is -4.14. The molecule has 0 aliphatic heterocycles. The van der Waals surface area contributed by atoms with Crippen molar-refractivity contribution in [3.8, 4) is 11.1 Å². The van der Waals surface area contributed by atoms with Crippen molar-refractivity contribution in [2.45, 2.75) is 6.92 Å². The molecular formula is C24H21BF2N4O6S. The third-order valence-corrected chi connectivity index (χ3v) is 7.57. The highest BCUT2D eigenvalue weighted by atomic mass is 32.2. The molecule has 2 aromatic heterocycles. The van der Waals surface area contributed by atoms with Crippen LogP contribution >= 0.6 is 0 Å². The summed E-state index contributed by atoms with van der Waals surface area (Å²) in [6, 6.07) is 7.47. The van der Waals surface area contributed by atoms with Crippen molar-refractivity contribution in [1.29, 1.82) is 0 Å². The Morgan fingerprint density at radius 1 is 1.18 bits per heavy atom. The highest BCUT2D eigenvalue weighted by Gasteiger charge is 2.27. The highest BCUT2D eigenvalue weighted by Crippen LogP contribution is 2.29. The number of rotatable bonds is 9. The summed E-state index contributed by atoms with van der Waals surface area (Å²) in [6.07, 6.45) is 3.13. The number of carbonyl (C=O) groups excluding carboxylic acids is 2. The van der Waals surface area contributed by atoms with Crippen molar-refractivity contribution in [3.63, 3.8) is 0 Å². The van der Waals surface area contributed by atoms with Gasteiger partial charge in [0.05, 0.1) is 11.3 Å². The fourth-order valence-corrected chi connectivity index (χ4v) is 4.73. The van der Waals surface area contributed by atoms with Crippen LogP contribution in [0.25, 0.3) is 22.2 Å². The summed E-state index contributed by atoms with van der Waals surface area (Å²) >= 11 is 0. The van der Waals surface area contributed by atoms with Crippen LogP contribution < -0.4 is 10.2 Å². The van der Waals surface area contributed by atoms with Gasteiger partial charge in [0.2, 0.25) is 5.78 Å². The Bertz CT molecular complexity index is 1680. The molecule has 4 aromatic rings. The normalized spacial score (nSPS) is 11.7. The van der Waals surface area contributed by atoms with Gasteiger partial charge in [-0.1, -0.05) is 25.1 Å². The van der Waals surface area contributed by atoms with Crippen molar-refractivity contribution in [2.75, 3.05) is 18.3 Å². The fraction of sp³-hybridized carbons (Fsp3) is 0.125. The van der Waals surface area contributed by atoms with E-state index in [2.05, 4.69) is 9.97 Å². The maximum Gasteiger partial charge on any atom is 0.489 e. The first-order valence-electron chi connectivity index (χ1n) is 11.2. The number of halogens is 2. The van der Waals surface area contributed by atoms with Crippen molar-refractivity contribution in [3.05, 3.63) is 77.1 Å². The van der Waals surface area contributed by atoms with Gasteiger partial charge in [-0.25, -0.2) is 13.8 Å². The van der Waals surface area contributed by atoms with Crippen molar-refractivity contribution < 1.29 is 36.8 Å². The maximum atomic E-state index is 15.3. The Labute approximate surface area is 216 Å². The monoisotopic (exact) mass is 542 g/mol. The van der Waals surface area contributed by atoms with Gasteiger partial charge in [0.1, 0.15) is 17.8 Å². The number of anilines is 1. The van der Waals surface area contributed by atoms with Crippen LogP contribution in [0.3, 0.4) is 0 Å². The lowest BCUT2D eigenvalue weighted by Gasteiger charge is -2.17. The average molecular weight is 542 g/mol. The number of aromatic nitrogens is 2. The van der Waals surface area contributed by atoms with Gasteiger partial charge in [0.25, 0.3) is 0 Å². The van der Waals surface area contributed by atoms with E-state index in [9.17, 15) is 32.4 Å². The number of H-pyrrole nitrogens is 1. The van der Waals surface area contributed by atoms with Crippen LogP contribution in [0.2, 0.25) is 0 Å². The predicted octanol–water partition coefficient (Wildman–Crippen LogP) is 1.84. The average Bonchev–Trinajstić information content (AvgIpc) is 3.32. The van der Waals surface area contributed by atoms with E-state index in [1.165, 1.54) is 43.7 Å². The second kappa shape index (κ2) is 10.4. The fourth-order valence-electron chi connectivity index (χ4n) is 3.80. The quantitative estimate of drug-likeness (QED) is 0.143. The third kappa shape index (κ3) is 4.94. The number of fused-ring (bicyclic) bond motifs is 1. The molecule has 0 unspecified atom stereocenters. The zero-order valence-electron chi connectivity index (χ0n) is 20.1. The summed E-state index contributed by atoms with van der Waals surface area (Å²) in [4.78, 5) is 31.5. The SMILES string of the molecule is CCN(C)S(=O)(=O)Nc1ccc(F)c(C(=O)c2c[nH]c3ncc(-c4ccc(C=O)c(B(O)O)c4)cc23)c1F. The van der Waals surface area contributed by atoms with Crippen LogP contribution in [0.15, 0.2) is 48.8 Å². The summed E-state index contributed by atoms with van der Waals surface area (Å²) in [6.45, 7) is 1.66. The van der Waals surface area contributed by atoms with Crippen molar-refractivity contribution in [2.24, 2.45) is 0 Å². The molecule has 0 aliphatic carbocycles. The van der Waals surface area contributed by atoms with Gasteiger partial charge in [-0.2, -0.15) is 12.7 Å². The van der Waals surface area contributed by atoms with E-state index in [4.69, 9.17) is 0 Å². The van der Waals surface area contributed by atoms with Crippen LogP contribution in [0.4, 0.5) is 14.5 Å². The molecule has 0 spiro atoms. The van der Waals surface area contributed by atoms with Crippen LogP contribution in [-0.4, -0.2) is 65.5 Å². The number of nitrogens with one attached hydrogen (secondary N) is 2. The number of ketones is 1. The first-order valence-corrected chi connectivity index (χ1v) is 12.6. The van der Waals surface area contributed by atoms with Crippen molar-refractivity contribution >= 4 is 51.6 Å². The van der Waals surface area contributed by atoms with Crippen molar-refractivity contribution in [1.82, 2.24) is 14.3 Å². The Morgan fingerprint density at radius 2 is 1.92 bits per heavy atom. The Kier molecular flexibility index (Phi) is 7.42. The molecule has 38 heavy (non-hydrogen) atoms. The molecule has 0 saturated heterocycles. The summed E-state index contributed by atoms with van der Waals surface area (Å²) in [5, 5.41) is 19.4. The molecule has 14 heteroatoms. The summed E-state index contributed by atoms with van der Waals surface area (Å²) in [5.74, 6) is -3.63. The standard InChI is InChI=1S/C24H21BF2N4O6S/c1-3-31(2)38(36,37)30-20-7-6-19(26)21(22(20)27)23(33)17-11-29-24-16(17)8-15(10-28-24)13-4-5-14(12-32)18(9-13)25(34)35/h4-12,30,34-35H,3H2,1-2H3,(H,28,29). The van der Waals surface area contributed by atoms with E-state index in [-0.39, 0.29) is 34.2 Å². The number of hydrogen-bond acceptors (Lipinski definition) is 7. The molecular weight excluding hydrogens is 521 g/mol. The number of nitrogens with zero attached hydrogens (tertiary/aromatic N) is 2. The first kappa shape index (κ1) is 27.1. The van der Waals surface area contributed by atoms with Gasteiger partial charge in [0, 0.05) is 48.1 Å². The summed E-state index contributed by atoms with van der Waals surface area (Å²) in [5.41, 5.74) is -0.592. The first-order chi connectivity index (χ1) is 18.0. The molecule has 2 heterocycles.